The summed E-state index contributed by atoms with van der Waals surface area (Å²) in [5.41, 5.74) is 18.6. The summed E-state index contributed by atoms with van der Waals surface area (Å²) in [5, 5.41) is 16.2. The SMILES string of the molecule is NC(N/C(=C\Cc1ccccc1-c1ccccc1)c1cc(-c2cc3ccccc3c3ccccc23)cc(-c2c3ccccc3cc3c2ccc2ccccc23)c1)c1ccccc1. The summed E-state index contributed by atoms with van der Waals surface area (Å²) in [6.07, 6.45) is 2.60. The van der Waals surface area contributed by atoms with Crippen LogP contribution < -0.4 is 11.1 Å². The molecule has 0 bridgehead atoms. The average Bonchev–Trinajstić information content (AvgIpc) is 3.34. The molecule has 0 radical (unpaired) electrons. The summed E-state index contributed by atoms with van der Waals surface area (Å²) in [6.45, 7) is 0. The van der Waals surface area contributed by atoms with Gasteiger partial charge in [-0.15, -0.1) is 0 Å². The minimum absolute atomic E-state index is 0.440. The van der Waals surface area contributed by atoms with E-state index in [2.05, 4.69) is 230 Å². The minimum Gasteiger partial charge on any atom is -0.366 e. The van der Waals surface area contributed by atoms with Gasteiger partial charge in [0.15, 0.2) is 0 Å². The van der Waals surface area contributed by atoms with Gasteiger partial charge in [0.2, 0.25) is 0 Å². The van der Waals surface area contributed by atoms with E-state index in [0.717, 1.165) is 28.0 Å². The molecule has 1 unspecified atom stereocenters. The van der Waals surface area contributed by atoms with Crippen molar-refractivity contribution in [2.24, 2.45) is 5.73 Å². The summed E-state index contributed by atoms with van der Waals surface area (Å²) in [5.74, 6) is 0. The average molecular weight is 793 g/mol. The second-order valence-electron chi connectivity index (χ2n) is 16.2. The number of allylic oxidation sites excluding steroid dienone is 1. The smallest absolute Gasteiger partial charge is 0.101 e. The van der Waals surface area contributed by atoms with Crippen LogP contribution in [0.4, 0.5) is 0 Å². The largest absolute Gasteiger partial charge is 0.366 e. The first-order valence-electron chi connectivity index (χ1n) is 21.5. The fraction of sp³-hybridized carbons (Fsp3) is 0.0333. The van der Waals surface area contributed by atoms with Crippen LogP contribution in [-0.4, -0.2) is 0 Å². The molecule has 0 spiro atoms. The van der Waals surface area contributed by atoms with Crippen molar-refractivity contribution in [3.8, 4) is 33.4 Å². The van der Waals surface area contributed by atoms with Crippen molar-refractivity contribution in [3.05, 3.63) is 247 Å². The number of nitrogens with one attached hydrogen (secondary N) is 1. The van der Waals surface area contributed by atoms with E-state index in [-0.39, 0.29) is 0 Å². The standard InChI is InChI=1S/C60H44N2/c61-60(43-21-5-2-6-22-43)62-58(34-32-41-19-7-11-25-49(41)40-17-3-1-4-18-40)47-35-46(56-38-44-23-9-13-27-51(44)53-29-15-16-30-54(53)56)36-48(37-47)59-52-28-14-10-24-45(52)39-57-50-26-12-8-20-42(50)31-33-55(57)59/h1-31,33-39,60,62H,32,61H2/b58-34-. The van der Waals surface area contributed by atoms with Crippen LogP contribution in [0.1, 0.15) is 22.9 Å². The van der Waals surface area contributed by atoms with Gasteiger partial charge in [0.25, 0.3) is 0 Å². The van der Waals surface area contributed by atoms with E-state index >= 15 is 0 Å². The number of nitrogens with two attached hydrogens (primary N) is 1. The quantitative estimate of drug-likeness (QED) is 0.0868. The van der Waals surface area contributed by atoms with Gasteiger partial charge in [-0.3, -0.25) is 0 Å². The van der Waals surface area contributed by atoms with Gasteiger partial charge in [-0.25, -0.2) is 0 Å². The van der Waals surface area contributed by atoms with Gasteiger partial charge in [-0.1, -0.05) is 200 Å². The fourth-order valence-corrected chi connectivity index (χ4v) is 9.49. The molecule has 0 aliphatic heterocycles. The van der Waals surface area contributed by atoms with Crippen molar-refractivity contribution >= 4 is 59.6 Å². The molecule has 2 nitrogen and oxygen atoms in total. The third-order valence-electron chi connectivity index (χ3n) is 12.5. The summed E-state index contributed by atoms with van der Waals surface area (Å²) >= 11 is 0. The monoisotopic (exact) mass is 792 g/mol. The van der Waals surface area contributed by atoms with E-state index in [1.807, 2.05) is 6.07 Å². The molecule has 2 heteroatoms. The Morgan fingerprint density at radius 2 is 0.984 bits per heavy atom. The second-order valence-corrected chi connectivity index (χ2v) is 16.2. The van der Waals surface area contributed by atoms with Crippen molar-refractivity contribution in [2.45, 2.75) is 12.6 Å². The zero-order valence-corrected chi connectivity index (χ0v) is 34.3. The Hall–Kier alpha value is -7.78. The van der Waals surface area contributed by atoms with Gasteiger partial charge < -0.3 is 11.1 Å². The van der Waals surface area contributed by atoms with E-state index < -0.39 is 6.17 Å². The molecule has 11 rings (SSSR count). The Morgan fingerprint density at radius 3 is 1.76 bits per heavy atom. The molecule has 0 amide bonds. The Morgan fingerprint density at radius 1 is 0.403 bits per heavy atom. The molecule has 0 heterocycles. The van der Waals surface area contributed by atoms with Gasteiger partial charge in [0, 0.05) is 5.70 Å². The Kier molecular flexibility index (Phi) is 9.61. The highest BCUT2D eigenvalue weighted by Gasteiger charge is 2.19. The van der Waals surface area contributed by atoms with Crippen LogP contribution in [-0.2, 0) is 6.42 Å². The van der Waals surface area contributed by atoms with Crippen molar-refractivity contribution in [1.29, 1.82) is 0 Å². The number of hydrogen-bond donors (Lipinski definition) is 2. The van der Waals surface area contributed by atoms with Gasteiger partial charge in [0.1, 0.15) is 6.17 Å². The van der Waals surface area contributed by atoms with Gasteiger partial charge in [0.05, 0.1) is 0 Å². The lowest BCUT2D eigenvalue weighted by atomic mass is 9.86. The van der Waals surface area contributed by atoms with Crippen LogP contribution in [0.5, 0.6) is 0 Å². The molecule has 0 aliphatic rings. The zero-order chi connectivity index (χ0) is 41.4. The van der Waals surface area contributed by atoms with Crippen LogP contribution in [0.15, 0.2) is 231 Å². The number of hydrogen-bond acceptors (Lipinski definition) is 2. The third kappa shape index (κ3) is 6.87. The maximum atomic E-state index is 7.11. The van der Waals surface area contributed by atoms with Crippen LogP contribution in [0.3, 0.4) is 0 Å². The molecule has 0 saturated carbocycles. The molecular weight excluding hydrogens is 749 g/mol. The first-order valence-corrected chi connectivity index (χ1v) is 21.5. The third-order valence-corrected chi connectivity index (χ3v) is 12.5. The molecule has 0 aromatic heterocycles. The van der Waals surface area contributed by atoms with Gasteiger partial charge >= 0.3 is 0 Å². The fourth-order valence-electron chi connectivity index (χ4n) is 9.49. The first-order chi connectivity index (χ1) is 30.7. The summed E-state index contributed by atoms with van der Waals surface area (Å²) in [6, 6.07) is 81.3. The topological polar surface area (TPSA) is 38.0 Å². The summed E-state index contributed by atoms with van der Waals surface area (Å²) < 4.78 is 0. The zero-order valence-electron chi connectivity index (χ0n) is 34.3. The van der Waals surface area contributed by atoms with E-state index in [1.54, 1.807) is 0 Å². The maximum Gasteiger partial charge on any atom is 0.101 e. The molecule has 1 atom stereocenters. The normalized spacial score (nSPS) is 12.4. The summed E-state index contributed by atoms with van der Waals surface area (Å²) in [4.78, 5) is 0. The Bertz CT molecular complexity index is 3480. The highest BCUT2D eigenvalue weighted by Crippen LogP contribution is 2.43. The van der Waals surface area contributed by atoms with Crippen LogP contribution >= 0.6 is 0 Å². The molecule has 62 heavy (non-hydrogen) atoms. The molecular formula is C60H44N2. The lowest BCUT2D eigenvalue weighted by molar-refractivity contribution is 0.666. The maximum absolute atomic E-state index is 7.11. The summed E-state index contributed by atoms with van der Waals surface area (Å²) in [7, 11) is 0. The van der Waals surface area contributed by atoms with Crippen molar-refractivity contribution in [1.82, 2.24) is 5.32 Å². The van der Waals surface area contributed by atoms with Crippen LogP contribution in [0.2, 0.25) is 0 Å². The highest BCUT2D eigenvalue weighted by molar-refractivity contribution is 6.21. The van der Waals surface area contributed by atoms with Gasteiger partial charge in [-0.05, 0) is 141 Å². The van der Waals surface area contributed by atoms with E-state index in [4.69, 9.17) is 5.73 Å². The predicted octanol–water partition coefficient (Wildman–Crippen LogP) is 15.3. The van der Waals surface area contributed by atoms with E-state index in [0.29, 0.717) is 6.42 Å². The molecule has 11 aromatic rings. The lowest BCUT2D eigenvalue weighted by Crippen LogP contribution is -2.27. The van der Waals surface area contributed by atoms with Crippen molar-refractivity contribution in [2.75, 3.05) is 0 Å². The van der Waals surface area contributed by atoms with Crippen LogP contribution in [0.25, 0.3) is 92.9 Å². The molecule has 0 fully saturated rings. The number of benzene rings is 11. The van der Waals surface area contributed by atoms with E-state index in [1.165, 1.54) is 81.7 Å². The molecule has 294 valence electrons. The molecule has 0 saturated heterocycles. The molecule has 0 aliphatic carbocycles. The first kappa shape index (κ1) is 37.2. The van der Waals surface area contributed by atoms with Crippen molar-refractivity contribution in [3.63, 3.8) is 0 Å². The lowest BCUT2D eigenvalue weighted by Gasteiger charge is -2.22. The second kappa shape index (κ2) is 16.0. The number of rotatable bonds is 9. The Balaban J connectivity index is 1.20. The van der Waals surface area contributed by atoms with E-state index in [9.17, 15) is 0 Å². The highest BCUT2D eigenvalue weighted by atomic mass is 15.0. The van der Waals surface area contributed by atoms with Crippen molar-refractivity contribution < 1.29 is 0 Å². The van der Waals surface area contributed by atoms with Gasteiger partial charge in [-0.2, -0.15) is 0 Å². The number of fused-ring (bicyclic) bond motifs is 7. The molecule has 3 N–H and O–H groups in total. The Labute approximate surface area is 362 Å². The predicted molar refractivity (Wildman–Crippen MR) is 265 cm³/mol. The van der Waals surface area contributed by atoms with Crippen LogP contribution in [0, 0.1) is 0 Å². The molecule has 11 aromatic carbocycles. The minimum atomic E-state index is -0.440.